The maximum Gasteiger partial charge on any atom is 0.0361 e. The Morgan fingerprint density at radius 2 is 1.44 bits per heavy atom. The highest BCUT2D eigenvalue weighted by molar-refractivity contribution is 5.48. The lowest BCUT2D eigenvalue weighted by Crippen LogP contribution is -2.08. The fourth-order valence-corrected chi connectivity index (χ4v) is 1.52. The van der Waals surface area contributed by atoms with Gasteiger partial charge in [0.25, 0.3) is 0 Å². The molecule has 0 fully saturated rings. The largest absolute Gasteiger partial charge is 0.378 e. The van der Waals surface area contributed by atoms with Gasteiger partial charge in [-0.25, -0.2) is 0 Å². The number of hydrogen-bond donors (Lipinski definition) is 0. The Hall–Kier alpha value is -1.83. The number of nitrogens with zero attached hydrogens (tertiary/aromatic N) is 2. The van der Waals surface area contributed by atoms with Crippen LogP contribution in [0, 0.1) is 6.42 Å². The summed E-state index contributed by atoms with van der Waals surface area (Å²) in [5.41, 5.74) is 3.59. The first-order valence-electron chi connectivity index (χ1n) is 5.28. The van der Waals surface area contributed by atoms with E-state index in [-0.39, 0.29) is 0 Å². The molecule has 2 rings (SSSR count). The quantitative estimate of drug-likeness (QED) is 0.776. The highest BCUT2D eigenvalue weighted by Gasteiger charge is 1.98. The van der Waals surface area contributed by atoms with Gasteiger partial charge in [0.05, 0.1) is 0 Å². The number of benzene rings is 1. The van der Waals surface area contributed by atoms with E-state index in [9.17, 15) is 0 Å². The molecule has 0 spiro atoms. The van der Waals surface area contributed by atoms with Crippen LogP contribution in [0.2, 0.25) is 0 Å². The molecule has 2 heteroatoms. The van der Waals surface area contributed by atoms with Crippen molar-refractivity contribution in [1.82, 2.24) is 4.98 Å². The number of rotatable bonds is 3. The zero-order chi connectivity index (χ0) is 11.4. The Balaban J connectivity index is 2.11. The lowest BCUT2D eigenvalue weighted by molar-refractivity contribution is 1.13. The van der Waals surface area contributed by atoms with Crippen LogP contribution in [-0.4, -0.2) is 19.1 Å². The van der Waals surface area contributed by atoms with Crippen LogP contribution < -0.4 is 4.90 Å². The maximum atomic E-state index is 4.00. The summed E-state index contributed by atoms with van der Waals surface area (Å²) in [6.45, 7) is 0. The van der Waals surface area contributed by atoms with Crippen LogP contribution >= 0.6 is 0 Å². The summed E-state index contributed by atoms with van der Waals surface area (Å²) in [6, 6.07) is 12.5. The lowest BCUT2D eigenvalue weighted by Gasteiger charge is -2.12. The van der Waals surface area contributed by atoms with Crippen LogP contribution in [-0.2, 0) is 0 Å². The van der Waals surface area contributed by atoms with Crippen LogP contribution in [0.25, 0.3) is 0 Å². The molecule has 0 bridgehead atoms. The van der Waals surface area contributed by atoms with Crippen LogP contribution in [0.5, 0.6) is 0 Å². The van der Waals surface area contributed by atoms with Crippen molar-refractivity contribution in [3.8, 4) is 0 Å². The zero-order valence-corrected chi connectivity index (χ0v) is 9.59. The second kappa shape index (κ2) is 4.79. The van der Waals surface area contributed by atoms with Gasteiger partial charge in [0, 0.05) is 38.6 Å². The molecule has 0 saturated heterocycles. The van der Waals surface area contributed by atoms with Crippen molar-refractivity contribution >= 4 is 5.69 Å². The SMILES string of the molecule is CN(C)c1ccc([CH]c2ccncc2)cc1. The zero-order valence-electron chi connectivity index (χ0n) is 9.59. The predicted molar refractivity (Wildman–Crippen MR) is 67.5 cm³/mol. The van der Waals surface area contributed by atoms with Gasteiger partial charge in [0.15, 0.2) is 0 Å². The number of aromatic nitrogens is 1. The van der Waals surface area contributed by atoms with Gasteiger partial charge in [-0.2, -0.15) is 0 Å². The summed E-state index contributed by atoms with van der Waals surface area (Å²) in [5.74, 6) is 0. The highest BCUT2D eigenvalue weighted by Crippen LogP contribution is 2.16. The Morgan fingerprint density at radius 1 is 0.875 bits per heavy atom. The van der Waals surface area contributed by atoms with Crippen molar-refractivity contribution in [2.24, 2.45) is 0 Å². The molecule has 0 amide bonds. The molecule has 1 heterocycles. The second-order valence-corrected chi connectivity index (χ2v) is 3.91. The minimum atomic E-state index is 1.17. The molecule has 16 heavy (non-hydrogen) atoms. The second-order valence-electron chi connectivity index (χ2n) is 3.91. The number of pyridine rings is 1. The van der Waals surface area contributed by atoms with Gasteiger partial charge in [-0.3, -0.25) is 4.98 Å². The predicted octanol–water partition coefficient (Wildman–Crippen LogP) is 2.75. The standard InChI is InChI=1S/C14H15N2/c1-16(2)14-5-3-12(4-6-14)11-13-7-9-15-10-8-13/h3-11H,1-2H3. The molecule has 2 nitrogen and oxygen atoms in total. The third-order valence-corrected chi connectivity index (χ3v) is 2.45. The minimum absolute atomic E-state index is 1.17. The van der Waals surface area contributed by atoms with Crippen molar-refractivity contribution in [3.63, 3.8) is 0 Å². The number of anilines is 1. The van der Waals surface area contributed by atoms with Crippen LogP contribution in [0.1, 0.15) is 11.1 Å². The summed E-state index contributed by atoms with van der Waals surface area (Å²) < 4.78 is 0. The molecule has 1 aromatic carbocycles. The Kier molecular flexibility index (Phi) is 3.20. The van der Waals surface area contributed by atoms with Crippen LogP contribution in [0.15, 0.2) is 48.8 Å². The topological polar surface area (TPSA) is 16.1 Å². The van der Waals surface area contributed by atoms with E-state index in [1.807, 2.05) is 26.2 Å². The summed E-state index contributed by atoms with van der Waals surface area (Å²) in [5, 5.41) is 0. The average Bonchev–Trinajstić information content (AvgIpc) is 2.31. The smallest absolute Gasteiger partial charge is 0.0361 e. The molecule has 0 saturated carbocycles. The molecule has 0 unspecified atom stereocenters. The van der Waals surface area contributed by atoms with Gasteiger partial charge in [0.2, 0.25) is 0 Å². The van der Waals surface area contributed by atoms with E-state index < -0.39 is 0 Å². The van der Waals surface area contributed by atoms with Gasteiger partial charge in [0.1, 0.15) is 0 Å². The lowest BCUT2D eigenvalue weighted by atomic mass is 10.1. The molecule has 0 atom stereocenters. The highest BCUT2D eigenvalue weighted by atomic mass is 15.1. The molecule has 1 radical (unpaired) electrons. The van der Waals surface area contributed by atoms with Gasteiger partial charge < -0.3 is 4.90 Å². The van der Waals surface area contributed by atoms with Crippen molar-refractivity contribution in [2.45, 2.75) is 0 Å². The summed E-state index contributed by atoms with van der Waals surface area (Å²) in [4.78, 5) is 6.09. The Bertz CT molecular complexity index is 432. The number of hydrogen-bond acceptors (Lipinski definition) is 2. The molecular weight excluding hydrogens is 196 g/mol. The normalized spacial score (nSPS) is 10.1. The maximum absolute atomic E-state index is 4.00. The molecule has 1 aromatic heterocycles. The minimum Gasteiger partial charge on any atom is -0.378 e. The summed E-state index contributed by atoms with van der Waals surface area (Å²) in [7, 11) is 4.09. The average molecular weight is 211 g/mol. The molecule has 81 valence electrons. The first kappa shape index (κ1) is 10.7. The van der Waals surface area contributed by atoms with Gasteiger partial charge >= 0.3 is 0 Å². The fraction of sp³-hybridized carbons (Fsp3) is 0.143. The van der Waals surface area contributed by atoms with Crippen LogP contribution in [0.4, 0.5) is 5.69 Å². The fourth-order valence-electron chi connectivity index (χ4n) is 1.52. The summed E-state index contributed by atoms with van der Waals surface area (Å²) >= 11 is 0. The molecule has 0 aliphatic carbocycles. The monoisotopic (exact) mass is 211 g/mol. The molecule has 2 aromatic rings. The first-order valence-corrected chi connectivity index (χ1v) is 5.28. The van der Waals surface area contributed by atoms with Gasteiger partial charge in [-0.05, 0) is 35.4 Å². The van der Waals surface area contributed by atoms with E-state index in [1.54, 1.807) is 12.4 Å². The van der Waals surface area contributed by atoms with Crippen molar-refractivity contribution in [3.05, 3.63) is 66.3 Å². The third kappa shape index (κ3) is 2.60. The van der Waals surface area contributed by atoms with E-state index in [1.165, 1.54) is 16.8 Å². The summed E-state index contributed by atoms with van der Waals surface area (Å²) in [6.07, 6.45) is 5.75. The van der Waals surface area contributed by atoms with Gasteiger partial charge in [-0.1, -0.05) is 12.1 Å². The van der Waals surface area contributed by atoms with Crippen LogP contribution in [0.3, 0.4) is 0 Å². The Labute approximate surface area is 96.6 Å². The third-order valence-electron chi connectivity index (χ3n) is 2.45. The van der Waals surface area contributed by atoms with E-state index in [4.69, 9.17) is 0 Å². The van der Waals surface area contributed by atoms with E-state index in [0.29, 0.717) is 0 Å². The molecule has 0 aliphatic rings. The van der Waals surface area contributed by atoms with E-state index in [2.05, 4.69) is 40.6 Å². The van der Waals surface area contributed by atoms with E-state index >= 15 is 0 Å². The molecule has 0 aliphatic heterocycles. The molecule has 0 N–H and O–H groups in total. The first-order chi connectivity index (χ1) is 7.75. The van der Waals surface area contributed by atoms with Gasteiger partial charge in [-0.15, -0.1) is 0 Å². The van der Waals surface area contributed by atoms with Crippen molar-refractivity contribution < 1.29 is 0 Å². The van der Waals surface area contributed by atoms with E-state index in [0.717, 1.165) is 0 Å². The molecular formula is C14H15N2. The Morgan fingerprint density at radius 3 is 2.00 bits per heavy atom. The van der Waals surface area contributed by atoms with Crippen molar-refractivity contribution in [2.75, 3.05) is 19.0 Å². The van der Waals surface area contributed by atoms with Crippen molar-refractivity contribution in [1.29, 1.82) is 0 Å².